The maximum atomic E-state index is 13.3. The van der Waals surface area contributed by atoms with Crippen LogP contribution in [0.25, 0.3) is 0 Å². The first-order valence-electron chi connectivity index (χ1n) is 4.41. The van der Waals surface area contributed by atoms with Gasteiger partial charge in [0.15, 0.2) is 0 Å². The van der Waals surface area contributed by atoms with Gasteiger partial charge in [-0.25, -0.2) is 4.39 Å². The van der Waals surface area contributed by atoms with Crippen LogP contribution < -0.4 is 5.32 Å². The standard InChI is InChI=1S/C10H12FNO/c1-6-2-3-7(11)10-9(6)8(13)4-5-12-10/h2-3,8,12-13H,4-5H2,1H3. The summed E-state index contributed by atoms with van der Waals surface area (Å²) < 4.78 is 13.3. The number of halogens is 1. The van der Waals surface area contributed by atoms with E-state index in [1.54, 1.807) is 6.07 Å². The van der Waals surface area contributed by atoms with Gasteiger partial charge in [0.05, 0.1) is 11.8 Å². The molecule has 0 bridgehead atoms. The predicted octanol–water partition coefficient (Wildman–Crippen LogP) is 1.98. The lowest BCUT2D eigenvalue weighted by Gasteiger charge is -2.24. The maximum absolute atomic E-state index is 13.3. The zero-order chi connectivity index (χ0) is 9.42. The van der Waals surface area contributed by atoms with E-state index in [4.69, 9.17) is 0 Å². The van der Waals surface area contributed by atoms with Crippen molar-refractivity contribution in [3.63, 3.8) is 0 Å². The number of aliphatic hydroxyl groups excluding tert-OH is 1. The van der Waals surface area contributed by atoms with Crippen molar-refractivity contribution < 1.29 is 9.50 Å². The van der Waals surface area contributed by atoms with E-state index in [0.717, 1.165) is 5.56 Å². The van der Waals surface area contributed by atoms with Crippen LogP contribution in [-0.2, 0) is 0 Å². The number of nitrogens with one attached hydrogen (secondary N) is 1. The van der Waals surface area contributed by atoms with Gasteiger partial charge in [0.2, 0.25) is 0 Å². The summed E-state index contributed by atoms with van der Waals surface area (Å²) in [6.07, 6.45) is 0.129. The number of aliphatic hydroxyl groups is 1. The van der Waals surface area contributed by atoms with E-state index in [-0.39, 0.29) is 5.82 Å². The fourth-order valence-electron chi connectivity index (χ4n) is 1.78. The highest BCUT2D eigenvalue weighted by Crippen LogP contribution is 2.34. The van der Waals surface area contributed by atoms with Gasteiger partial charge in [-0.2, -0.15) is 0 Å². The number of hydrogen-bond acceptors (Lipinski definition) is 2. The Kier molecular flexibility index (Phi) is 1.96. The zero-order valence-electron chi connectivity index (χ0n) is 7.47. The molecule has 1 aromatic carbocycles. The van der Waals surface area contributed by atoms with Crippen molar-refractivity contribution in [3.8, 4) is 0 Å². The average Bonchev–Trinajstić information content (AvgIpc) is 2.12. The summed E-state index contributed by atoms with van der Waals surface area (Å²) in [5.41, 5.74) is 2.13. The minimum Gasteiger partial charge on any atom is -0.388 e. The molecule has 0 amide bonds. The highest BCUT2D eigenvalue weighted by Gasteiger charge is 2.22. The molecule has 1 aliphatic rings. The maximum Gasteiger partial charge on any atom is 0.146 e. The summed E-state index contributed by atoms with van der Waals surface area (Å²) in [5.74, 6) is -0.278. The molecule has 0 saturated carbocycles. The first kappa shape index (κ1) is 8.51. The van der Waals surface area contributed by atoms with Gasteiger partial charge in [-0.3, -0.25) is 0 Å². The predicted molar refractivity (Wildman–Crippen MR) is 49.2 cm³/mol. The van der Waals surface area contributed by atoms with Crippen molar-refractivity contribution in [1.82, 2.24) is 0 Å². The van der Waals surface area contributed by atoms with Gasteiger partial charge in [-0.1, -0.05) is 6.07 Å². The van der Waals surface area contributed by atoms with E-state index >= 15 is 0 Å². The second-order valence-corrected chi connectivity index (χ2v) is 3.38. The van der Waals surface area contributed by atoms with Crippen molar-refractivity contribution in [2.24, 2.45) is 0 Å². The first-order valence-corrected chi connectivity index (χ1v) is 4.41. The van der Waals surface area contributed by atoms with Crippen molar-refractivity contribution in [2.75, 3.05) is 11.9 Å². The van der Waals surface area contributed by atoms with Crippen molar-refractivity contribution >= 4 is 5.69 Å². The quantitative estimate of drug-likeness (QED) is 0.641. The SMILES string of the molecule is Cc1ccc(F)c2c1C(O)CCN2. The van der Waals surface area contributed by atoms with Gasteiger partial charge in [-0.15, -0.1) is 0 Å². The molecule has 3 heteroatoms. The molecule has 0 radical (unpaired) electrons. The number of anilines is 1. The Morgan fingerprint density at radius 3 is 3.00 bits per heavy atom. The Balaban J connectivity index is 2.60. The van der Waals surface area contributed by atoms with Crippen molar-refractivity contribution in [2.45, 2.75) is 19.4 Å². The summed E-state index contributed by atoms with van der Waals surface area (Å²) in [6.45, 7) is 2.52. The number of fused-ring (bicyclic) bond motifs is 1. The van der Waals surface area contributed by atoms with E-state index < -0.39 is 6.10 Å². The summed E-state index contributed by atoms with van der Waals surface area (Å²) in [6, 6.07) is 3.13. The molecule has 0 aliphatic carbocycles. The molecular formula is C10H12FNO. The minimum absolute atomic E-state index is 0.278. The lowest BCUT2D eigenvalue weighted by atomic mass is 9.95. The topological polar surface area (TPSA) is 32.3 Å². The molecule has 0 aromatic heterocycles. The highest BCUT2D eigenvalue weighted by molar-refractivity contribution is 5.58. The number of aryl methyl sites for hydroxylation is 1. The number of rotatable bonds is 0. The molecule has 2 nitrogen and oxygen atoms in total. The fourth-order valence-corrected chi connectivity index (χ4v) is 1.78. The second kappa shape index (κ2) is 3.00. The van der Waals surface area contributed by atoms with E-state index in [2.05, 4.69) is 5.32 Å². The lowest BCUT2D eigenvalue weighted by molar-refractivity contribution is 0.167. The normalized spacial score (nSPS) is 20.7. The van der Waals surface area contributed by atoms with Crippen LogP contribution in [0.15, 0.2) is 12.1 Å². The molecule has 2 N–H and O–H groups in total. The van der Waals surface area contributed by atoms with E-state index in [1.165, 1.54) is 6.07 Å². The van der Waals surface area contributed by atoms with Crippen LogP contribution in [-0.4, -0.2) is 11.7 Å². The summed E-state index contributed by atoms with van der Waals surface area (Å²) in [7, 11) is 0. The number of benzene rings is 1. The third kappa shape index (κ3) is 1.29. The molecule has 1 unspecified atom stereocenters. The van der Waals surface area contributed by atoms with Gasteiger partial charge in [-0.05, 0) is 25.0 Å². The monoisotopic (exact) mass is 181 g/mol. The summed E-state index contributed by atoms with van der Waals surface area (Å²) in [5, 5.41) is 12.6. The average molecular weight is 181 g/mol. The van der Waals surface area contributed by atoms with E-state index in [1.807, 2.05) is 6.92 Å². The largest absolute Gasteiger partial charge is 0.388 e. The van der Waals surface area contributed by atoms with Gasteiger partial charge >= 0.3 is 0 Å². The molecule has 70 valence electrons. The van der Waals surface area contributed by atoms with Gasteiger partial charge < -0.3 is 10.4 Å². The molecule has 1 atom stereocenters. The Morgan fingerprint density at radius 1 is 1.54 bits per heavy atom. The van der Waals surface area contributed by atoms with Crippen LogP contribution in [0.1, 0.15) is 23.7 Å². The Bertz CT molecular complexity index is 338. The Morgan fingerprint density at radius 2 is 2.31 bits per heavy atom. The van der Waals surface area contributed by atoms with E-state index in [9.17, 15) is 9.50 Å². The third-order valence-electron chi connectivity index (χ3n) is 2.47. The Hall–Kier alpha value is -1.09. The molecule has 0 spiro atoms. The van der Waals surface area contributed by atoms with Crippen LogP contribution in [0, 0.1) is 12.7 Å². The molecule has 0 saturated heterocycles. The summed E-state index contributed by atoms with van der Waals surface area (Å²) >= 11 is 0. The van der Waals surface area contributed by atoms with Gasteiger partial charge in [0.1, 0.15) is 5.82 Å². The van der Waals surface area contributed by atoms with Crippen LogP contribution in [0.4, 0.5) is 10.1 Å². The lowest BCUT2D eigenvalue weighted by Crippen LogP contribution is -2.18. The molecule has 2 rings (SSSR count). The molecule has 1 aliphatic heterocycles. The van der Waals surface area contributed by atoms with Gasteiger partial charge in [0, 0.05) is 12.1 Å². The van der Waals surface area contributed by atoms with Crippen LogP contribution in [0.2, 0.25) is 0 Å². The van der Waals surface area contributed by atoms with Crippen LogP contribution in [0.5, 0.6) is 0 Å². The van der Waals surface area contributed by atoms with Crippen molar-refractivity contribution in [1.29, 1.82) is 0 Å². The van der Waals surface area contributed by atoms with Crippen molar-refractivity contribution in [3.05, 3.63) is 29.1 Å². The fraction of sp³-hybridized carbons (Fsp3) is 0.400. The molecule has 13 heavy (non-hydrogen) atoms. The van der Waals surface area contributed by atoms with Crippen LogP contribution >= 0.6 is 0 Å². The number of hydrogen-bond donors (Lipinski definition) is 2. The van der Waals surface area contributed by atoms with E-state index in [0.29, 0.717) is 24.2 Å². The van der Waals surface area contributed by atoms with Crippen LogP contribution in [0.3, 0.4) is 0 Å². The first-order chi connectivity index (χ1) is 6.20. The third-order valence-corrected chi connectivity index (χ3v) is 2.47. The Labute approximate surface area is 76.4 Å². The highest BCUT2D eigenvalue weighted by atomic mass is 19.1. The molecular weight excluding hydrogens is 169 g/mol. The smallest absolute Gasteiger partial charge is 0.146 e. The minimum atomic E-state index is -0.521. The zero-order valence-corrected chi connectivity index (χ0v) is 7.47. The second-order valence-electron chi connectivity index (χ2n) is 3.38. The van der Waals surface area contributed by atoms with Gasteiger partial charge in [0.25, 0.3) is 0 Å². The molecule has 1 heterocycles. The molecule has 0 fully saturated rings. The summed E-state index contributed by atoms with van der Waals surface area (Å²) in [4.78, 5) is 0. The molecule has 1 aromatic rings.